The lowest BCUT2D eigenvalue weighted by Gasteiger charge is -2.12. The van der Waals surface area contributed by atoms with E-state index in [-0.39, 0.29) is 5.56 Å². The summed E-state index contributed by atoms with van der Waals surface area (Å²) in [5.74, 6) is -0.266. The highest BCUT2D eigenvalue weighted by Crippen LogP contribution is 2.37. The zero-order chi connectivity index (χ0) is 19.8. The minimum absolute atomic E-state index is 0.241. The van der Waals surface area contributed by atoms with Gasteiger partial charge in [-0.25, -0.2) is 9.78 Å². The van der Waals surface area contributed by atoms with Crippen LogP contribution in [0.25, 0.3) is 16.6 Å². The maximum absolute atomic E-state index is 11.5. The van der Waals surface area contributed by atoms with Gasteiger partial charge in [0.2, 0.25) is 0 Å². The first-order valence-corrected chi connectivity index (χ1v) is 9.39. The summed E-state index contributed by atoms with van der Waals surface area (Å²) in [6.45, 7) is 1.06. The molecule has 0 aliphatic carbocycles. The van der Waals surface area contributed by atoms with Crippen molar-refractivity contribution in [3.63, 3.8) is 0 Å². The number of rotatable bonds is 3. The van der Waals surface area contributed by atoms with Crippen LogP contribution in [0.2, 0.25) is 0 Å². The molecule has 4 aromatic rings. The highest BCUT2D eigenvalue weighted by molar-refractivity contribution is 5.92. The van der Waals surface area contributed by atoms with Crippen molar-refractivity contribution in [3.05, 3.63) is 101 Å². The predicted octanol–water partition coefficient (Wildman–Crippen LogP) is 4.76. The molecule has 5 nitrogen and oxygen atoms in total. The first kappa shape index (κ1) is 17.3. The molecule has 1 N–H and O–H groups in total. The van der Waals surface area contributed by atoms with Gasteiger partial charge in [-0.15, -0.1) is 0 Å². The molecule has 5 heteroatoms. The van der Waals surface area contributed by atoms with E-state index in [0.717, 1.165) is 33.3 Å². The van der Waals surface area contributed by atoms with Crippen molar-refractivity contribution in [2.45, 2.75) is 13.2 Å². The second kappa shape index (κ2) is 6.95. The van der Waals surface area contributed by atoms with Gasteiger partial charge in [0.25, 0.3) is 0 Å². The Hall–Kier alpha value is -3.86. The molecule has 1 aliphatic rings. The molecule has 1 aliphatic heterocycles. The second-order valence-corrected chi connectivity index (χ2v) is 6.97. The molecular formula is C24H18N2O3. The van der Waals surface area contributed by atoms with E-state index in [0.29, 0.717) is 18.9 Å². The van der Waals surface area contributed by atoms with Crippen molar-refractivity contribution in [3.8, 4) is 5.75 Å². The third kappa shape index (κ3) is 3.06. The lowest BCUT2D eigenvalue weighted by atomic mass is 9.93. The first-order valence-electron chi connectivity index (χ1n) is 9.39. The summed E-state index contributed by atoms with van der Waals surface area (Å²) in [6, 6.07) is 21.1. The quantitative estimate of drug-likeness (QED) is 0.555. The summed E-state index contributed by atoms with van der Waals surface area (Å²) in [5, 5.41) is 9.46. The van der Waals surface area contributed by atoms with Gasteiger partial charge in [0, 0.05) is 12.1 Å². The van der Waals surface area contributed by atoms with Gasteiger partial charge in [-0.05, 0) is 47.0 Å². The lowest BCUT2D eigenvalue weighted by Crippen LogP contribution is -2.00. The fourth-order valence-corrected chi connectivity index (χ4v) is 3.77. The van der Waals surface area contributed by atoms with E-state index in [1.54, 1.807) is 18.2 Å². The number of carboxylic acids is 1. The number of ether oxygens (including phenoxy) is 1. The van der Waals surface area contributed by atoms with E-state index in [2.05, 4.69) is 21.7 Å². The number of imidazole rings is 1. The molecule has 5 rings (SSSR count). The van der Waals surface area contributed by atoms with Crippen molar-refractivity contribution >= 4 is 22.6 Å². The smallest absolute Gasteiger partial charge is 0.335 e. The fourth-order valence-electron chi connectivity index (χ4n) is 3.77. The molecule has 0 radical (unpaired) electrons. The normalized spacial score (nSPS) is 14.1. The van der Waals surface area contributed by atoms with E-state index in [9.17, 15) is 9.90 Å². The topological polar surface area (TPSA) is 64.3 Å². The van der Waals surface area contributed by atoms with Gasteiger partial charge >= 0.3 is 5.97 Å². The SMILES string of the molecule is O=C(O)c1ccc2c(c1)/C(=C/Cn1cnc3ccccc31)c1ccccc1CO2. The van der Waals surface area contributed by atoms with Crippen LogP contribution in [0.15, 0.2) is 79.1 Å². The number of nitrogens with zero attached hydrogens (tertiary/aromatic N) is 2. The van der Waals surface area contributed by atoms with Gasteiger partial charge < -0.3 is 14.4 Å². The molecule has 0 bridgehead atoms. The Morgan fingerprint density at radius 1 is 1.07 bits per heavy atom. The average molecular weight is 382 g/mol. The Balaban J connectivity index is 1.66. The number of hydrogen-bond acceptors (Lipinski definition) is 3. The van der Waals surface area contributed by atoms with Crippen LogP contribution >= 0.6 is 0 Å². The molecule has 0 spiro atoms. The molecule has 0 atom stereocenters. The van der Waals surface area contributed by atoms with Crippen LogP contribution in [-0.4, -0.2) is 20.6 Å². The summed E-state index contributed by atoms with van der Waals surface area (Å²) in [4.78, 5) is 16.0. The number of carbonyl (C=O) groups is 1. The van der Waals surface area contributed by atoms with Crippen molar-refractivity contribution in [2.24, 2.45) is 0 Å². The molecule has 0 saturated carbocycles. The highest BCUT2D eigenvalue weighted by Gasteiger charge is 2.20. The highest BCUT2D eigenvalue weighted by atomic mass is 16.5. The summed E-state index contributed by atoms with van der Waals surface area (Å²) in [5.41, 5.74) is 6.13. The standard InChI is InChI=1S/C24H18N2O3/c27-24(28)16-9-10-23-20(13-16)19(18-6-2-1-5-17(18)14-29-23)11-12-26-15-25-21-7-3-4-8-22(21)26/h1-11,13,15H,12,14H2,(H,27,28)/b19-11+. The largest absolute Gasteiger partial charge is 0.488 e. The van der Waals surface area contributed by atoms with E-state index in [1.807, 2.05) is 48.8 Å². The number of aromatic nitrogens is 2. The van der Waals surface area contributed by atoms with Gasteiger partial charge in [-0.2, -0.15) is 0 Å². The van der Waals surface area contributed by atoms with Crippen LogP contribution in [0.5, 0.6) is 5.75 Å². The van der Waals surface area contributed by atoms with E-state index in [4.69, 9.17) is 4.74 Å². The molecular weight excluding hydrogens is 364 g/mol. The monoisotopic (exact) mass is 382 g/mol. The molecule has 1 aromatic heterocycles. The summed E-state index contributed by atoms with van der Waals surface area (Å²) >= 11 is 0. The van der Waals surface area contributed by atoms with Crippen LogP contribution in [-0.2, 0) is 13.2 Å². The van der Waals surface area contributed by atoms with Gasteiger partial charge in [-0.3, -0.25) is 0 Å². The maximum Gasteiger partial charge on any atom is 0.335 e. The second-order valence-electron chi connectivity index (χ2n) is 6.97. The van der Waals surface area contributed by atoms with Crippen molar-refractivity contribution in [2.75, 3.05) is 0 Å². The fraction of sp³-hybridized carbons (Fsp3) is 0.0833. The Morgan fingerprint density at radius 3 is 2.79 bits per heavy atom. The van der Waals surface area contributed by atoms with Gasteiger partial charge in [0.15, 0.2) is 0 Å². The zero-order valence-corrected chi connectivity index (χ0v) is 15.6. The van der Waals surface area contributed by atoms with Crippen LogP contribution < -0.4 is 4.74 Å². The number of fused-ring (bicyclic) bond motifs is 3. The lowest BCUT2D eigenvalue weighted by molar-refractivity contribution is 0.0697. The van der Waals surface area contributed by atoms with Crippen LogP contribution in [0, 0.1) is 0 Å². The van der Waals surface area contributed by atoms with Gasteiger partial charge in [-0.1, -0.05) is 42.5 Å². The Labute approximate surface area is 167 Å². The maximum atomic E-state index is 11.5. The third-order valence-electron chi connectivity index (χ3n) is 5.23. The number of hydrogen-bond donors (Lipinski definition) is 1. The molecule has 142 valence electrons. The molecule has 0 unspecified atom stereocenters. The number of para-hydroxylation sites is 2. The first-order chi connectivity index (χ1) is 14.2. The third-order valence-corrected chi connectivity index (χ3v) is 5.23. The average Bonchev–Trinajstić information content (AvgIpc) is 3.09. The predicted molar refractivity (Wildman–Crippen MR) is 111 cm³/mol. The zero-order valence-electron chi connectivity index (χ0n) is 15.6. The molecule has 3 aromatic carbocycles. The number of aromatic carboxylic acids is 1. The minimum atomic E-state index is -0.953. The van der Waals surface area contributed by atoms with Crippen LogP contribution in [0.1, 0.15) is 27.0 Å². The Bertz CT molecular complexity index is 1270. The van der Waals surface area contributed by atoms with Gasteiger partial charge in [0.05, 0.1) is 22.9 Å². The molecule has 2 heterocycles. The summed E-state index contributed by atoms with van der Waals surface area (Å²) in [6.07, 6.45) is 3.95. The van der Waals surface area contributed by atoms with Crippen LogP contribution in [0.4, 0.5) is 0 Å². The molecule has 29 heavy (non-hydrogen) atoms. The number of allylic oxidation sites excluding steroid dienone is 1. The Morgan fingerprint density at radius 2 is 1.90 bits per heavy atom. The summed E-state index contributed by atoms with van der Waals surface area (Å²) < 4.78 is 8.08. The van der Waals surface area contributed by atoms with Crippen LogP contribution in [0.3, 0.4) is 0 Å². The van der Waals surface area contributed by atoms with Gasteiger partial charge in [0.1, 0.15) is 12.4 Å². The molecule has 0 fully saturated rings. The Kier molecular flexibility index (Phi) is 4.13. The van der Waals surface area contributed by atoms with E-state index < -0.39 is 5.97 Å². The van der Waals surface area contributed by atoms with Crippen molar-refractivity contribution < 1.29 is 14.6 Å². The van der Waals surface area contributed by atoms with E-state index >= 15 is 0 Å². The minimum Gasteiger partial charge on any atom is -0.488 e. The molecule has 0 saturated heterocycles. The summed E-state index contributed by atoms with van der Waals surface area (Å²) in [7, 11) is 0. The number of carboxylic acid groups (broad SMARTS) is 1. The van der Waals surface area contributed by atoms with Crippen molar-refractivity contribution in [1.29, 1.82) is 0 Å². The molecule has 0 amide bonds. The van der Waals surface area contributed by atoms with E-state index in [1.165, 1.54) is 0 Å². The van der Waals surface area contributed by atoms with Crippen molar-refractivity contribution in [1.82, 2.24) is 9.55 Å². The number of benzene rings is 3.